The zero-order valence-electron chi connectivity index (χ0n) is 15.1. The lowest BCUT2D eigenvalue weighted by Gasteiger charge is -2.26. The first-order valence-corrected chi connectivity index (χ1v) is 12.7. The van der Waals surface area contributed by atoms with E-state index < -0.39 is 8.07 Å². The number of hydrogen-bond donors (Lipinski definition) is 0. The van der Waals surface area contributed by atoms with E-state index in [2.05, 4.69) is 30.7 Å². The maximum absolute atomic E-state index is 14.2. The normalized spacial score (nSPS) is 16.3. The van der Waals surface area contributed by atoms with Crippen molar-refractivity contribution in [2.75, 3.05) is 0 Å². The molecule has 0 unspecified atom stereocenters. The Hall–Kier alpha value is -1.48. The van der Waals surface area contributed by atoms with Gasteiger partial charge in [-0.25, -0.2) is 4.39 Å². The number of aromatic nitrogens is 1. The molecular formula is C21H28FNSi. The van der Waals surface area contributed by atoms with Crippen molar-refractivity contribution >= 4 is 13.3 Å². The van der Waals surface area contributed by atoms with Crippen LogP contribution in [0, 0.1) is 11.7 Å². The Kier molecular flexibility index (Phi) is 5.19. The Morgan fingerprint density at radius 1 is 1.08 bits per heavy atom. The molecule has 1 nitrogen and oxygen atoms in total. The van der Waals surface area contributed by atoms with Crippen LogP contribution in [0.3, 0.4) is 0 Å². The van der Waals surface area contributed by atoms with E-state index in [1.54, 1.807) is 6.07 Å². The number of rotatable bonds is 4. The predicted octanol–water partition coefficient (Wildman–Crippen LogP) is 5.56. The van der Waals surface area contributed by atoms with Crippen LogP contribution in [0.15, 0.2) is 36.5 Å². The average Bonchev–Trinajstić information content (AvgIpc) is 2.55. The minimum atomic E-state index is -1.46. The van der Waals surface area contributed by atoms with Crippen molar-refractivity contribution in [1.29, 1.82) is 0 Å². The third-order valence-electron chi connectivity index (χ3n) is 5.18. The third kappa shape index (κ3) is 3.94. The molecule has 1 aromatic carbocycles. The standard InChI is InChI=1S/C21H28FNSi/c1-24(2,3)21-15-23-20(18-11-7-8-12-19(18)22)14-17(21)13-16-9-5-4-6-10-16/h7-8,11-12,14-16H,4-6,9-10,13H2,1-3H3. The monoisotopic (exact) mass is 341 g/mol. The molecule has 1 aliphatic carbocycles. The number of benzene rings is 1. The Morgan fingerprint density at radius 2 is 1.79 bits per heavy atom. The lowest BCUT2D eigenvalue weighted by Crippen LogP contribution is -2.41. The van der Waals surface area contributed by atoms with E-state index >= 15 is 0 Å². The van der Waals surface area contributed by atoms with Gasteiger partial charge in [0.15, 0.2) is 0 Å². The van der Waals surface area contributed by atoms with Gasteiger partial charge in [0.05, 0.1) is 13.8 Å². The first-order chi connectivity index (χ1) is 11.4. The van der Waals surface area contributed by atoms with Crippen LogP contribution in [0.5, 0.6) is 0 Å². The van der Waals surface area contributed by atoms with Gasteiger partial charge in [-0.05, 0) is 41.3 Å². The molecule has 0 spiro atoms. The minimum Gasteiger partial charge on any atom is -0.256 e. The van der Waals surface area contributed by atoms with Gasteiger partial charge in [0.2, 0.25) is 0 Å². The van der Waals surface area contributed by atoms with Gasteiger partial charge < -0.3 is 0 Å². The molecule has 3 rings (SSSR count). The van der Waals surface area contributed by atoms with E-state index in [1.807, 2.05) is 18.3 Å². The fraction of sp³-hybridized carbons (Fsp3) is 0.476. The summed E-state index contributed by atoms with van der Waals surface area (Å²) in [6.45, 7) is 7.12. The topological polar surface area (TPSA) is 12.9 Å². The van der Waals surface area contributed by atoms with Crippen LogP contribution in [0.25, 0.3) is 11.3 Å². The second-order valence-electron chi connectivity index (χ2n) is 8.16. The van der Waals surface area contributed by atoms with E-state index in [-0.39, 0.29) is 5.82 Å². The highest BCUT2D eigenvalue weighted by Crippen LogP contribution is 2.28. The summed E-state index contributed by atoms with van der Waals surface area (Å²) in [5.41, 5.74) is 2.81. The highest BCUT2D eigenvalue weighted by Gasteiger charge is 2.24. The summed E-state index contributed by atoms with van der Waals surface area (Å²) in [6, 6.07) is 9.13. The molecule has 1 fully saturated rings. The number of pyridine rings is 1. The lowest BCUT2D eigenvalue weighted by atomic mass is 9.85. The van der Waals surface area contributed by atoms with Gasteiger partial charge in [0.25, 0.3) is 0 Å². The molecule has 0 atom stereocenters. The molecule has 0 N–H and O–H groups in total. The van der Waals surface area contributed by atoms with E-state index in [1.165, 1.54) is 48.9 Å². The fourth-order valence-electron chi connectivity index (χ4n) is 3.86. The van der Waals surface area contributed by atoms with Gasteiger partial charge in [0.1, 0.15) is 5.82 Å². The van der Waals surface area contributed by atoms with Crippen LogP contribution >= 0.6 is 0 Å². The highest BCUT2D eigenvalue weighted by molar-refractivity contribution is 6.89. The van der Waals surface area contributed by atoms with Crippen molar-refractivity contribution in [3.63, 3.8) is 0 Å². The first-order valence-electron chi connectivity index (χ1n) is 9.19. The molecule has 0 radical (unpaired) electrons. The third-order valence-corrected chi connectivity index (χ3v) is 7.25. The molecule has 1 aliphatic rings. The molecule has 2 aromatic rings. The lowest BCUT2D eigenvalue weighted by molar-refractivity contribution is 0.357. The zero-order chi connectivity index (χ0) is 17.2. The molecular weight excluding hydrogens is 313 g/mol. The molecule has 1 aromatic heterocycles. The Labute approximate surface area is 146 Å². The molecule has 1 saturated carbocycles. The van der Waals surface area contributed by atoms with Crippen molar-refractivity contribution in [2.24, 2.45) is 5.92 Å². The summed E-state index contributed by atoms with van der Waals surface area (Å²) in [6.07, 6.45) is 9.94. The average molecular weight is 342 g/mol. The van der Waals surface area contributed by atoms with E-state index in [0.717, 1.165) is 18.0 Å². The molecule has 0 saturated heterocycles. The minimum absolute atomic E-state index is 0.186. The maximum Gasteiger partial charge on any atom is 0.132 e. The van der Waals surface area contributed by atoms with Gasteiger partial charge in [0, 0.05) is 11.8 Å². The van der Waals surface area contributed by atoms with Crippen molar-refractivity contribution in [2.45, 2.75) is 58.2 Å². The van der Waals surface area contributed by atoms with Crippen LogP contribution in [0.2, 0.25) is 19.6 Å². The van der Waals surface area contributed by atoms with E-state index in [4.69, 9.17) is 0 Å². The summed E-state index contributed by atoms with van der Waals surface area (Å²) in [5, 5.41) is 1.44. The Bertz CT molecular complexity index is 699. The zero-order valence-corrected chi connectivity index (χ0v) is 16.1. The first kappa shape index (κ1) is 17.3. The molecule has 0 amide bonds. The van der Waals surface area contributed by atoms with Crippen molar-refractivity contribution in [1.82, 2.24) is 4.98 Å². The SMILES string of the molecule is C[Si](C)(C)c1cnc(-c2ccccc2F)cc1CC1CCCCC1. The maximum atomic E-state index is 14.2. The van der Waals surface area contributed by atoms with Gasteiger partial charge >= 0.3 is 0 Å². The second-order valence-corrected chi connectivity index (χ2v) is 13.2. The highest BCUT2D eigenvalue weighted by atomic mass is 28.3. The summed E-state index contributed by atoms with van der Waals surface area (Å²) in [5.74, 6) is 0.596. The second kappa shape index (κ2) is 7.18. The van der Waals surface area contributed by atoms with Crippen LogP contribution < -0.4 is 5.19 Å². The molecule has 0 aliphatic heterocycles. The van der Waals surface area contributed by atoms with Crippen LogP contribution in [0.4, 0.5) is 4.39 Å². The summed E-state index contributed by atoms with van der Waals surface area (Å²) in [4.78, 5) is 4.62. The molecule has 128 valence electrons. The largest absolute Gasteiger partial charge is 0.256 e. The van der Waals surface area contributed by atoms with Crippen LogP contribution in [-0.2, 0) is 6.42 Å². The smallest absolute Gasteiger partial charge is 0.132 e. The van der Waals surface area contributed by atoms with Gasteiger partial charge in [-0.1, -0.05) is 63.9 Å². The van der Waals surface area contributed by atoms with Crippen molar-refractivity contribution in [3.05, 3.63) is 47.9 Å². The summed E-state index contributed by atoms with van der Waals surface area (Å²) >= 11 is 0. The molecule has 0 bridgehead atoms. The molecule has 24 heavy (non-hydrogen) atoms. The Morgan fingerprint density at radius 3 is 2.46 bits per heavy atom. The van der Waals surface area contributed by atoms with Crippen molar-refractivity contribution < 1.29 is 4.39 Å². The summed E-state index contributed by atoms with van der Waals surface area (Å²) < 4.78 is 14.2. The quantitative estimate of drug-likeness (QED) is 0.664. The van der Waals surface area contributed by atoms with Gasteiger partial charge in [-0.15, -0.1) is 0 Å². The Balaban J connectivity index is 1.99. The number of nitrogens with zero attached hydrogens (tertiary/aromatic N) is 1. The predicted molar refractivity (Wildman–Crippen MR) is 103 cm³/mol. The van der Waals surface area contributed by atoms with Gasteiger partial charge in [-0.3, -0.25) is 4.98 Å². The molecule has 3 heteroatoms. The van der Waals surface area contributed by atoms with Gasteiger partial charge in [-0.2, -0.15) is 0 Å². The summed E-state index contributed by atoms with van der Waals surface area (Å²) in [7, 11) is -1.46. The fourth-order valence-corrected chi connectivity index (χ4v) is 5.45. The van der Waals surface area contributed by atoms with Crippen molar-refractivity contribution in [3.8, 4) is 11.3 Å². The van der Waals surface area contributed by atoms with Crippen LogP contribution in [-0.4, -0.2) is 13.1 Å². The molecule has 1 heterocycles. The number of halogens is 1. The van der Waals surface area contributed by atoms with E-state index in [9.17, 15) is 4.39 Å². The van der Waals surface area contributed by atoms with Crippen LogP contribution in [0.1, 0.15) is 37.7 Å². The number of hydrogen-bond acceptors (Lipinski definition) is 1. The van der Waals surface area contributed by atoms with E-state index in [0.29, 0.717) is 5.56 Å².